The van der Waals surface area contributed by atoms with E-state index in [2.05, 4.69) is 31.2 Å². The summed E-state index contributed by atoms with van der Waals surface area (Å²) in [6.45, 7) is 4.00. The standard InChI is InChI=1S/C15H17NO/c1-11-3-6-13(7-4-11)15-10-9-14(17-15)8-5-12(2)16/h3-10,12H,16H2,1-2H3/b8-5+. The van der Waals surface area contributed by atoms with Gasteiger partial charge in [-0.25, -0.2) is 0 Å². The van der Waals surface area contributed by atoms with Gasteiger partial charge in [0.05, 0.1) is 0 Å². The lowest BCUT2D eigenvalue weighted by molar-refractivity contribution is 0.571. The average Bonchev–Trinajstić information content (AvgIpc) is 2.76. The van der Waals surface area contributed by atoms with Gasteiger partial charge in [-0.1, -0.05) is 35.9 Å². The molecule has 0 amide bonds. The molecule has 2 aromatic rings. The highest BCUT2D eigenvalue weighted by atomic mass is 16.3. The van der Waals surface area contributed by atoms with E-state index >= 15 is 0 Å². The molecule has 1 heterocycles. The highest BCUT2D eigenvalue weighted by Gasteiger charge is 2.02. The normalized spacial score (nSPS) is 13.1. The van der Waals surface area contributed by atoms with Crippen LogP contribution >= 0.6 is 0 Å². The van der Waals surface area contributed by atoms with Crippen molar-refractivity contribution in [3.05, 3.63) is 53.8 Å². The van der Waals surface area contributed by atoms with Crippen LogP contribution in [0.15, 0.2) is 46.9 Å². The Morgan fingerprint density at radius 2 is 1.82 bits per heavy atom. The summed E-state index contributed by atoms with van der Waals surface area (Å²) in [7, 11) is 0. The fourth-order valence-electron chi connectivity index (χ4n) is 1.56. The summed E-state index contributed by atoms with van der Waals surface area (Å²) in [5.41, 5.74) is 7.99. The van der Waals surface area contributed by atoms with Gasteiger partial charge in [-0.2, -0.15) is 0 Å². The van der Waals surface area contributed by atoms with Gasteiger partial charge < -0.3 is 10.2 Å². The van der Waals surface area contributed by atoms with Crippen molar-refractivity contribution in [1.82, 2.24) is 0 Å². The molecule has 0 aliphatic rings. The van der Waals surface area contributed by atoms with Gasteiger partial charge in [0.25, 0.3) is 0 Å². The Labute approximate surface area is 102 Å². The molecular weight excluding hydrogens is 210 g/mol. The van der Waals surface area contributed by atoms with Gasteiger partial charge in [-0.15, -0.1) is 0 Å². The Morgan fingerprint density at radius 1 is 1.12 bits per heavy atom. The minimum Gasteiger partial charge on any atom is -0.457 e. The minimum atomic E-state index is 0.0444. The zero-order valence-electron chi connectivity index (χ0n) is 10.2. The van der Waals surface area contributed by atoms with Crippen LogP contribution in [0, 0.1) is 6.92 Å². The molecule has 88 valence electrons. The van der Waals surface area contributed by atoms with Crippen LogP contribution in [-0.4, -0.2) is 6.04 Å². The molecule has 0 fully saturated rings. The molecule has 2 nitrogen and oxygen atoms in total. The van der Waals surface area contributed by atoms with Crippen LogP contribution in [0.1, 0.15) is 18.2 Å². The Morgan fingerprint density at radius 3 is 2.47 bits per heavy atom. The van der Waals surface area contributed by atoms with E-state index in [4.69, 9.17) is 10.2 Å². The van der Waals surface area contributed by atoms with Gasteiger partial charge in [0.15, 0.2) is 0 Å². The molecule has 1 atom stereocenters. The van der Waals surface area contributed by atoms with Crippen molar-refractivity contribution >= 4 is 6.08 Å². The lowest BCUT2D eigenvalue weighted by Crippen LogP contribution is -2.09. The van der Waals surface area contributed by atoms with Gasteiger partial charge >= 0.3 is 0 Å². The molecule has 0 radical (unpaired) electrons. The van der Waals surface area contributed by atoms with Crippen LogP contribution < -0.4 is 5.73 Å². The zero-order valence-corrected chi connectivity index (χ0v) is 10.2. The van der Waals surface area contributed by atoms with E-state index in [0.29, 0.717) is 0 Å². The number of furan rings is 1. The van der Waals surface area contributed by atoms with Crippen LogP contribution in [-0.2, 0) is 0 Å². The Kier molecular flexibility index (Phi) is 3.45. The van der Waals surface area contributed by atoms with Crippen molar-refractivity contribution in [1.29, 1.82) is 0 Å². The van der Waals surface area contributed by atoms with Crippen molar-refractivity contribution < 1.29 is 4.42 Å². The molecule has 0 bridgehead atoms. The van der Waals surface area contributed by atoms with Crippen molar-refractivity contribution in [3.8, 4) is 11.3 Å². The maximum atomic E-state index is 5.72. The first kappa shape index (κ1) is 11.7. The molecule has 17 heavy (non-hydrogen) atoms. The lowest BCUT2D eigenvalue weighted by Gasteiger charge is -1.97. The van der Waals surface area contributed by atoms with E-state index in [1.54, 1.807) is 0 Å². The molecule has 2 N–H and O–H groups in total. The third-order valence-corrected chi connectivity index (χ3v) is 2.53. The number of hydrogen-bond donors (Lipinski definition) is 1. The molecule has 1 aromatic carbocycles. The van der Waals surface area contributed by atoms with Crippen molar-refractivity contribution in [3.63, 3.8) is 0 Å². The monoisotopic (exact) mass is 227 g/mol. The van der Waals surface area contributed by atoms with Crippen LogP contribution in [0.3, 0.4) is 0 Å². The number of hydrogen-bond acceptors (Lipinski definition) is 2. The van der Waals surface area contributed by atoms with Gasteiger partial charge in [0.1, 0.15) is 11.5 Å². The highest BCUT2D eigenvalue weighted by molar-refractivity contribution is 5.60. The molecule has 0 aliphatic carbocycles. The molecule has 0 aliphatic heterocycles. The third kappa shape index (κ3) is 3.08. The second-order valence-corrected chi connectivity index (χ2v) is 4.29. The summed E-state index contributed by atoms with van der Waals surface area (Å²) in [6.07, 6.45) is 3.82. The minimum absolute atomic E-state index is 0.0444. The summed E-state index contributed by atoms with van der Waals surface area (Å²) in [4.78, 5) is 0. The maximum Gasteiger partial charge on any atom is 0.134 e. The Hall–Kier alpha value is -1.80. The number of rotatable bonds is 3. The van der Waals surface area contributed by atoms with Crippen molar-refractivity contribution in [2.24, 2.45) is 5.73 Å². The van der Waals surface area contributed by atoms with E-state index in [0.717, 1.165) is 17.1 Å². The molecule has 2 rings (SSSR count). The second kappa shape index (κ2) is 5.02. The number of nitrogens with two attached hydrogens (primary N) is 1. The summed E-state index contributed by atoms with van der Waals surface area (Å²) < 4.78 is 5.72. The Balaban J connectivity index is 2.21. The highest BCUT2D eigenvalue weighted by Crippen LogP contribution is 2.23. The first-order valence-electron chi connectivity index (χ1n) is 5.76. The first-order valence-corrected chi connectivity index (χ1v) is 5.76. The third-order valence-electron chi connectivity index (χ3n) is 2.53. The smallest absolute Gasteiger partial charge is 0.134 e. The van der Waals surface area contributed by atoms with Crippen molar-refractivity contribution in [2.45, 2.75) is 19.9 Å². The van der Waals surface area contributed by atoms with E-state index in [1.807, 2.05) is 31.2 Å². The largest absolute Gasteiger partial charge is 0.457 e. The average molecular weight is 227 g/mol. The molecule has 0 spiro atoms. The topological polar surface area (TPSA) is 39.2 Å². The van der Waals surface area contributed by atoms with E-state index in [1.165, 1.54) is 5.56 Å². The fourth-order valence-corrected chi connectivity index (χ4v) is 1.56. The van der Waals surface area contributed by atoms with Crippen LogP contribution in [0.4, 0.5) is 0 Å². The van der Waals surface area contributed by atoms with Crippen LogP contribution in [0.2, 0.25) is 0 Å². The molecule has 0 saturated heterocycles. The fraction of sp³-hybridized carbons (Fsp3) is 0.200. The summed E-state index contributed by atoms with van der Waals surface area (Å²) in [5.74, 6) is 1.71. The summed E-state index contributed by atoms with van der Waals surface area (Å²) in [6, 6.07) is 12.3. The predicted octanol–water partition coefficient (Wildman–Crippen LogP) is 3.62. The zero-order chi connectivity index (χ0) is 12.3. The predicted molar refractivity (Wildman–Crippen MR) is 71.6 cm³/mol. The SMILES string of the molecule is Cc1ccc(-c2ccc(/C=C/C(C)N)o2)cc1. The lowest BCUT2D eigenvalue weighted by atomic mass is 10.1. The molecule has 0 saturated carbocycles. The van der Waals surface area contributed by atoms with Crippen LogP contribution in [0.25, 0.3) is 17.4 Å². The molecular formula is C15H17NO. The van der Waals surface area contributed by atoms with E-state index in [-0.39, 0.29) is 6.04 Å². The number of benzene rings is 1. The molecule has 1 unspecified atom stereocenters. The summed E-state index contributed by atoms with van der Waals surface area (Å²) >= 11 is 0. The van der Waals surface area contributed by atoms with Gasteiger partial charge in [0, 0.05) is 11.6 Å². The van der Waals surface area contributed by atoms with E-state index < -0.39 is 0 Å². The van der Waals surface area contributed by atoms with Gasteiger partial charge in [-0.3, -0.25) is 0 Å². The van der Waals surface area contributed by atoms with Crippen molar-refractivity contribution in [2.75, 3.05) is 0 Å². The van der Waals surface area contributed by atoms with Gasteiger partial charge in [-0.05, 0) is 32.1 Å². The molecule has 1 aromatic heterocycles. The summed E-state index contributed by atoms with van der Waals surface area (Å²) in [5, 5.41) is 0. The van der Waals surface area contributed by atoms with Crippen LogP contribution in [0.5, 0.6) is 0 Å². The quantitative estimate of drug-likeness (QED) is 0.869. The Bertz CT molecular complexity index is 506. The first-order chi connectivity index (χ1) is 8.15. The van der Waals surface area contributed by atoms with Gasteiger partial charge in [0.2, 0.25) is 0 Å². The van der Waals surface area contributed by atoms with E-state index in [9.17, 15) is 0 Å². The molecule has 2 heteroatoms. The second-order valence-electron chi connectivity index (χ2n) is 4.29. The number of aryl methyl sites for hydroxylation is 1. The maximum absolute atomic E-state index is 5.72.